The van der Waals surface area contributed by atoms with Gasteiger partial charge in [0, 0.05) is 7.05 Å². The third-order valence-electron chi connectivity index (χ3n) is 2.73. The Morgan fingerprint density at radius 3 is 2.90 bits per heavy atom. The molecule has 1 amide bonds. The lowest BCUT2D eigenvalue weighted by Crippen LogP contribution is -2.16. The highest BCUT2D eigenvalue weighted by Crippen LogP contribution is 2.43. The van der Waals surface area contributed by atoms with E-state index in [1.807, 2.05) is 0 Å². The number of rotatable bonds is 3. The molecule has 0 aliphatic rings. The van der Waals surface area contributed by atoms with Gasteiger partial charge in [0.25, 0.3) is 0 Å². The third-order valence-corrected chi connectivity index (χ3v) is 3.70. The highest BCUT2D eigenvalue weighted by Gasteiger charge is 2.21. The van der Waals surface area contributed by atoms with Gasteiger partial charge in [-0.2, -0.15) is 0 Å². The number of furan rings is 1. The van der Waals surface area contributed by atoms with Crippen molar-refractivity contribution in [2.75, 3.05) is 18.1 Å². The number of aromatic nitrogens is 2. The second kappa shape index (κ2) is 4.94. The first-order chi connectivity index (χ1) is 10.1. The van der Waals surface area contributed by atoms with E-state index in [1.165, 1.54) is 6.26 Å². The maximum absolute atomic E-state index is 10.9. The van der Waals surface area contributed by atoms with Crippen molar-refractivity contribution in [3.63, 3.8) is 0 Å². The standard InChI is InChI=1S/C12H11N5O3S/c1-15-12-16-8(5-3-2-4-19-5)6-7(13)10(20-11(14)18)21-9(6)17-12/h2-4H,13H2,1H3,(H2,14,18)(H,15,16,17). The van der Waals surface area contributed by atoms with Crippen molar-refractivity contribution in [1.29, 1.82) is 0 Å². The Morgan fingerprint density at radius 2 is 2.29 bits per heavy atom. The van der Waals surface area contributed by atoms with Gasteiger partial charge in [-0.15, -0.1) is 0 Å². The van der Waals surface area contributed by atoms with E-state index >= 15 is 0 Å². The molecular weight excluding hydrogens is 294 g/mol. The van der Waals surface area contributed by atoms with E-state index < -0.39 is 6.09 Å². The van der Waals surface area contributed by atoms with Crippen LogP contribution in [0.15, 0.2) is 22.8 Å². The fourth-order valence-corrected chi connectivity index (χ4v) is 2.82. The highest BCUT2D eigenvalue weighted by molar-refractivity contribution is 7.21. The molecule has 0 unspecified atom stereocenters. The Bertz CT molecular complexity index is 812. The number of hydrogen-bond acceptors (Lipinski definition) is 8. The summed E-state index contributed by atoms with van der Waals surface area (Å²) in [6.45, 7) is 0. The van der Waals surface area contributed by atoms with Gasteiger partial charge >= 0.3 is 6.09 Å². The normalized spacial score (nSPS) is 10.7. The fourth-order valence-electron chi connectivity index (χ4n) is 1.87. The number of hydrogen-bond donors (Lipinski definition) is 3. The summed E-state index contributed by atoms with van der Waals surface area (Å²) in [6.07, 6.45) is 0.598. The number of thiophene rings is 1. The second-order valence-electron chi connectivity index (χ2n) is 4.03. The highest BCUT2D eigenvalue weighted by atomic mass is 32.1. The van der Waals surface area contributed by atoms with Gasteiger partial charge in [0.15, 0.2) is 5.76 Å². The Morgan fingerprint density at radius 1 is 1.48 bits per heavy atom. The predicted octanol–water partition coefficient (Wildman–Crippen LogP) is 2.03. The number of ether oxygens (including phenoxy) is 1. The lowest BCUT2D eigenvalue weighted by Gasteiger charge is -2.04. The van der Waals surface area contributed by atoms with Gasteiger partial charge in [-0.25, -0.2) is 14.8 Å². The van der Waals surface area contributed by atoms with E-state index in [4.69, 9.17) is 20.6 Å². The second-order valence-corrected chi connectivity index (χ2v) is 4.99. The predicted molar refractivity (Wildman–Crippen MR) is 79.3 cm³/mol. The minimum Gasteiger partial charge on any atom is -0.463 e. The average molecular weight is 305 g/mol. The van der Waals surface area contributed by atoms with Crippen LogP contribution in [0.5, 0.6) is 5.06 Å². The van der Waals surface area contributed by atoms with E-state index in [-0.39, 0.29) is 10.8 Å². The largest absolute Gasteiger partial charge is 0.463 e. The van der Waals surface area contributed by atoms with Crippen molar-refractivity contribution in [1.82, 2.24) is 9.97 Å². The number of nitrogens with zero attached hydrogens (tertiary/aromatic N) is 2. The molecule has 9 heteroatoms. The molecule has 0 spiro atoms. The number of nitrogens with one attached hydrogen (secondary N) is 1. The zero-order valence-corrected chi connectivity index (χ0v) is 11.7. The molecule has 5 N–H and O–H groups in total. The van der Waals surface area contributed by atoms with Crippen molar-refractivity contribution >= 4 is 39.3 Å². The summed E-state index contributed by atoms with van der Waals surface area (Å²) in [5, 5.41) is 3.61. The molecule has 21 heavy (non-hydrogen) atoms. The van der Waals surface area contributed by atoms with Gasteiger partial charge in [0.1, 0.15) is 10.5 Å². The number of nitrogens with two attached hydrogens (primary N) is 2. The molecule has 0 bridgehead atoms. The van der Waals surface area contributed by atoms with Gasteiger partial charge < -0.3 is 25.9 Å². The molecule has 3 heterocycles. The van der Waals surface area contributed by atoms with Crippen molar-refractivity contribution in [3.8, 4) is 16.5 Å². The van der Waals surface area contributed by atoms with E-state index in [0.717, 1.165) is 11.3 Å². The number of fused-ring (bicyclic) bond motifs is 1. The molecule has 0 fully saturated rings. The molecule has 0 saturated heterocycles. The van der Waals surface area contributed by atoms with Gasteiger partial charge in [0.05, 0.1) is 17.3 Å². The summed E-state index contributed by atoms with van der Waals surface area (Å²) >= 11 is 1.11. The van der Waals surface area contributed by atoms with E-state index in [9.17, 15) is 4.79 Å². The number of carbonyl (C=O) groups is 1. The van der Waals surface area contributed by atoms with Gasteiger partial charge in [-0.3, -0.25) is 0 Å². The van der Waals surface area contributed by atoms with Crippen LogP contribution in [0.25, 0.3) is 21.7 Å². The molecule has 8 nitrogen and oxygen atoms in total. The molecule has 0 aromatic carbocycles. The number of nitrogen functional groups attached to an aromatic ring is 1. The minimum absolute atomic E-state index is 0.188. The first kappa shape index (κ1) is 13.2. The lowest BCUT2D eigenvalue weighted by atomic mass is 10.2. The lowest BCUT2D eigenvalue weighted by molar-refractivity contribution is 0.212. The molecular formula is C12H11N5O3S. The molecule has 0 radical (unpaired) electrons. The van der Waals surface area contributed by atoms with Gasteiger partial charge in [-0.05, 0) is 12.1 Å². The molecule has 3 rings (SSSR count). The topological polar surface area (TPSA) is 129 Å². The minimum atomic E-state index is -0.936. The van der Waals surface area contributed by atoms with Crippen LogP contribution in [0, 0.1) is 0 Å². The number of amides is 1. The van der Waals surface area contributed by atoms with Crippen LogP contribution >= 0.6 is 11.3 Å². The maximum atomic E-state index is 10.9. The van der Waals surface area contributed by atoms with Crippen molar-refractivity contribution in [3.05, 3.63) is 18.4 Å². The molecule has 108 valence electrons. The summed E-state index contributed by atoms with van der Waals surface area (Å²) < 4.78 is 10.3. The summed E-state index contributed by atoms with van der Waals surface area (Å²) in [7, 11) is 1.70. The smallest absolute Gasteiger partial charge is 0.410 e. The van der Waals surface area contributed by atoms with Crippen LogP contribution < -0.4 is 21.5 Å². The Balaban J connectivity index is 2.29. The van der Waals surface area contributed by atoms with Gasteiger partial charge in [-0.1, -0.05) is 11.3 Å². The molecule has 0 atom stereocenters. The maximum Gasteiger partial charge on any atom is 0.410 e. The first-order valence-electron chi connectivity index (χ1n) is 5.89. The zero-order chi connectivity index (χ0) is 15.0. The molecule has 0 aliphatic carbocycles. The third kappa shape index (κ3) is 2.23. The number of anilines is 2. The summed E-state index contributed by atoms with van der Waals surface area (Å²) in [4.78, 5) is 20.1. The summed E-state index contributed by atoms with van der Waals surface area (Å²) in [5.74, 6) is 0.940. The van der Waals surface area contributed by atoms with E-state index in [0.29, 0.717) is 27.6 Å². The van der Waals surface area contributed by atoms with Crippen LogP contribution in [0.4, 0.5) is 16.4 Å². The molecule has 0 saturated carbocycles. The molecule has 3 aromatic heterocycles. The zero-order valence-electron chi connectivity index (χ0n) is 10.9. The van der Waals surface area contributed by atoms with Crippen LogP contribution in [-0.4, -0.2) is 23.1 Å². The van der Waals surface area contributed by atoms with E-state index in [2.05, 4.69) is 15.3 Å². The van der Waals surface area contributed by atoms with Crippen molar-refractivity contribution in [2.24, 2.45) is 5.73 Å². The Kier molecular flexibility index (Phi) is 3.10. The monoisotopic (exact) mass is 305 g/mol. The quantitative estimate of drug-likeness (QED) is 0.675. The molecule has 0 aliphatic heterocycles. The Labute approximate surface area is 122 Å². The van der Waals surface area contributed by atoms with E-state index in [1.54, 1.807) is 19.2 Å². The Hall–Kier alpha value is -2.81. The SMILES string of the molecule is CNc1nc(-c2ccco2)c2c(N)c(OC(N)=O)sc2n1. The fraction of sp³-hybridized carbons (Fsp3) is 0.0833. The first-order valence-corrected chi connectivity index (χ1v) is 6.70. The number of carbonyl (C=O) groups excluding carboxylic acids is 1. The molecule has 3 aromatic rings. The summed E-state index contributed by atoms with van der Waals surface area (Å²) in [5.41, 5.74) is 11.8. The van der Waals surface area contributed by atoms with Crippen molar-refractivity contribution < 1.29 is 13.9 Å². The van der Waals surface area contributed by atoms with Crippen LogP contribution in [0.1, 0.15) is 0 Å². The van der Waals surface area contributed by atoms with Crippen LogP contribution in [-0.2, 0) is 0 Å². The van der Waals surface area contributed by atoms with Gasteiger partial charge in [0.2, 0.25) is 11.0 Å². The average Bonchev–Trinajstić information content (AvgIpc) is 3.07. The van der Waals surface area contributed by atoms with Crippen LogP contribution in [0.3, 0.4) is 0 Å². The summed E-state index contributed by atoms with van der Waals surface area (Å²) in [6, 6.07) is 3.50. The van der Waals surface area contributed by atoms with Crippen LogP contribution in [0.2, 0.25) is 0 Å². The van der Waals surface area contributed by atoms with Crippen molar-refractivity contribution in [2.45, 2.75) is 0 Å². The number of primary amides is 1.